The maximum absolute atomic E-state index is 10.9. The van der Waals surface area contributed by atoms with Gasteiger partial charge >= 0.3 is 5.97 Å². The zero-order chi connectivity index (χ0) is 8.81. The van der Waals surface area contributed by atoms with Crippen LogP contribution in [0.5, 0.6) is 0 Å². The van der Waals surface area contributed by atoms with E-state index in [4.69, 9.17) is 0 Å². The Morgan fingerprint density at radius 2 is 2.00 bits per heavy atom. The van der Waals surface area contributed by atoms with Crippen LogP contribution in [-0.2, 0) is 16.3 Å². The molecule has 0 aliphatic carbocycles. The van der Waals surface area contributed by atoms with Gasteiger partial charge in [0.1, 0.15) is 0 Å². The topological polar surface area (TPSA) is 55.7 Å². The molecule has 0 aliphatic heterocycles. The van der Waals surface area contributed by atoms with Gasteiger partial charge in [-0.3, -0.25) is 4.84 Å². The van der Waals surface area contributed by atoms with Gasteiger partial charge in [0.05, 0.1) is 5.56 Å². The molecule has 0 spiro atoms. The smallest absolute Gasteiger partial charge is 0.299 e. The van der Waals surface area contributed by atoms with Crippen molar-refractivity contribution in [2.75, 3.05) is 0 Å². The zero-order valence-electron chi connectivity index (χ0n) is 5.97. The van der Waals surface area contributed by atoms with E-state index in [1.54, 1.807) is 30.3 Å². The molecule has 0 aromatic heterocycles. The van der Waals surface area contributed by atoms with Crippen LogP contribution in [-0.4, -0.2) is 10.2 Å². The fourth-order valence-electron chi connectivity index (χ4n) is 0.676. The average molecular weight is 183 g/mol. The van der Waals surface area contributed by atoms with Gasteiger partial charge in [-0.15, -0.1) is 0 Å². The first-order valence-electron chi connectivity index (χ1n) is 3.10. The zero-order valence-corrected chi connectivity index (χ0v) is 6.78. The van der Waals surface area contributed by atoms with Crippen LogP contribution in [0.25, 0.3) is 0 Å². The number of rotatable bonds is 2. The normalized spacial score (nSPS) is 8.67. The second kappa shape index (κ2) is 4.40. The van der Waals surface area contributed by atoms with Crippen molar-refractivity contribution in [3.63, 3.8) is 0 Å². The number of hydrogen-bond acceptors (Lipinski definition) is 4. The predicted octanol–water partition coefficient (Wildman–Crippen LogP) is 1.16. The van der Waals surface area contributed by atoms with E-state index in [0.29, 0.717) is 5.56 Å². The molecule has 62 valence electrons. The Morgan fingerprint density at radius 1 is 1.33 bits per heavy atom. The van der Waals surface area contributed by atoms with Crippen LogP contribution in [0.2, 0.25) is 0 Å². The third-order valence-electron chi connectivity index (χ3n) is 1.16. The Morgan fingerprint density at radius 3 is 2.58 bits per heavy atom. The summed E-state index contributed by atoms with van der Waals surface area (Å²) in [7, 11) is 0. The summed E-state index contributed by atoms with van der Waals surface area (Å²) in [6.07, 6.45) is 0. The van der Waals surface area contributed by atoms with Gasteiger partial charge in [0.2, 0.25) is 11.5 Å². The summed E-state index contributed by atoms with van der Waals surface area (Å²) in [5, 5.41) is 0. The highest BCUT2D eigenvalue weighted by Gasteiger charge is 2.04. The Balaban J connectivity index is 2.72. The van der Waals surface area contributed by atoms with Crippen LogP contribution < -0.4 is 0 Å². The van der Waals surface area contributed by atoms with Crippen molar-refractivity contribution in [1.82, 2.24) is 0 Å². The molecule has 0 heterocycles. The summed E-state index contributed by atoms with van der Waals surface area (Å²) in [6, 6.07) is 8.32. The molecule has 0 unspecified atom stereocenters. The van der Waals surface area contributed by atoms with Crippen LogP contribution in [0.1, 0.15) is 10.4 Å². The quantitative estimate of drug-likeness (QED) is 0.646. The van der Waals surface area contributed by atoms with Crippen LogP contribution in [0, 0.1) is 0 Å². The third kappa shape index (κ3) is 2.28. The standard InChI is InChI=1S/C7H5NO3S/c9-7(11-8-12-10)6-4-2-1-3-5-6/h1-5H. The van der Waals surface area contributed by atoms with E-state index in [1.165, 1.54) is 0 Å². The van der Waals surface area contributed by atoms with E-state index in [1.807, 2.05) is 0 Å². The van der Waals surface area contributed by atoms with Crippen molar-refractivity contribution in [2.45, 2.75) is 0 Å². The van der Waals surface area contributed by atoms with Crippen molar-refractivity contribution in [3.05, 3.63) is 35.9 Å². The summed E-state index contributed by atoms with van der Waals surface area (Å²) >= 11 is -0.143. The van der Waals surface area contributed by atoms with Gasteiger partial charge in [-0.1, -0.05) is 18.2 Å². The van der Waals surface area contributed by atoms with Gasteiger partial charge in [-0.25, -0.2) is 4.79 Å². The highest BCUT2D eigenvalue weighted by molar-refractivity contribution is 7.54. The first-order chi connectivity index (χ1) is 5.84. The lowest BCUT2D eigenvalue weighted by molar-refractivity contribution is 0.0527. The third-order valence-corrected chi connectivity index (χ3v) is 1.30. The number of carbonyl (C=O) groups excluding carboxylic acids is 1. The molecule has 0 bridgehead atoms. The maximum Gasteiger partial charge on any atom is 0.367 e. The Hall–Kier alpha value is -1.49. The number of hydrogen-bond donors (Lipinski definition) is 0. The monoisotopic (exact) mass is 183 g/mol. The number of carbonyl (C=O) groups is 1. The lowest BCUT2D eigenvalue weighted by Crippen LogP contribution is -1.98. The van der Waals surface area contributed by atoms with Crippen molar-refractivity contribution >= 4 is 17.4 Å². The van der Waals surface area contributed by atoms with Crippen molar-refractivity contribution in [1.29, 1.82) is 0 Å². The molecule has 1 aromatic rings. The molecule has 1 aromatic carbocycles. The van der Waals surface area contributed by atoms with E-state index in [0.717, 1.165) is 0 Å². The van der Waals surface area contributed by atoms with Crippen LogP contribution in [0.15, 0.2) is 34.9 Å². The summed E-state index contributed by atoms with van der Waals surface area (Å²) in [5.41, 5.74) is 0.371. The van der Waals surface area contributed by atoms with Gasteiger partial charge in [-0.2, -0.15) is 4.21 Å². The van der Waals surface area contributed by atoms with E-state index in [9.17, 15) is 9.00 Å². The minimum absolute atomic E-state index is 0.143. The lowest BCUT2D eigenvalue weighted by atomic mass is 10.2. The maximum atomic E-state index is 10.9. The Labute approximate surface area is 72.4 Å². The van der Waals surface area contributed by atoms with E-state index in [-0.39, 0.29) is 11.5 Å². The van der Waals surface area contributed by atoms with Crippen LogP contribution >= 0.6 is 0 Å². The fourth-order valence-corrected chi connectivity index (χ4v) is 0.774. The lowest BCUT2D eigenvalue weighted by Gasteiger charge is -1.93. The molecule has 5 heteroatoms. The summed E-state index contributed by atoms with van der Waals surface area (Å²) < 4.78 is 12.6. The van der Waals surface area contributed by atoms with Crippen molar-refractivity contribution in [3.8, 4) is 0 Å². The van der Waals surface area contributed by atoms with E-state index in [2.05, 4.69) is 9.36 Å². The van der Waals surface area contributed by atoms with Gasteiger partial charge in [-0.05, 0) is 12.1 Å². The summed E-state index contributed by atoms with van der Waals surface area (Å²) in [4.78, 5) is 15.1. The molecule has 0 radical (unpaired) electrons. The fraction of sp³-hybridized carbons (Fsp3) is 0. The predicted molar refractivity (Wildman–Crippen MR) is 42.4 cm³/mol. The molecule has 4 nitrogen and oxygen atoms in total. The molecule has 0 aliphatic rings. The molecule has 12 heavy (non-hydrogen) atoms. The molecular weight excluding hydrogens is 178 g/mol. The highest BCUT2D eigenvalue weighted by atomic mass is 32.1. The minimum Gasteiger partial charge on any atom is -0.299 e. The summed E-state index contributed by atoms with van der Waals surface area (Å²) in [5.74, 6) is -0.626. The van der Waals surface area contributed by atoms with Gasteiger partial charge in [0, 0.05) is 4.53 Å². The van der Waals surface area contributed by atoms with E-state index >= 15 is 0 Å². The second-order valence-corrected chi connectivity index (χ2v) is 2.19. The molecule has 0 saturated carbocycles. The molecule has 0 fully saturated rings. The molecule has 0 atom stereocenters. The first kappa shape index (κ1) is 8.61. The van der Waals surface area contributed by atoms with Crippen LogP contribution in [0.3, 0.4) is 0 Å². The van der Waals surface area contributed by atoms with E-state index < -0.39 is 5.97 Å². The average Bonchev–Trinajstić information content (AvgIpc) is 2.15. The number of benzene rings is 1. The Bertz CT molecular complexity index is 319. The minimum atomic E-state index is -0.626. The van der Waals surface area contributed by atoms with Gasteiger partial charge < -0.3 is 0 Å². The van der Waals surface area contributed by atoms with Crippen LogP contribution in [0.4, 0.5) is 0 Å². The number of nitrogens with zero attached hydrogens (tertiary/aromatic N) is 1. The molecule has 0 N–H and O–H groups in total. The molecule has 0 saturated heterocycles. The first-order valence-corrected chi connectivity index (χ1v) is 3.80. The Kier molecular flexibility index (Phi) is 3.16. The SMILES string of the molecule is O=S=NOC(=O)c1ccccc1. The van der Waals surface area contributed by atoms with Crippen molar-refractivity contribution in [2.24, 2.45) is 4.53 Å². The van der Waals surface area contributed by atoms with Crippen molar-refractivity contribution < 1.29 is 13.8 Å². The largest absolute Gasteiger partial charge is 0.367 e. The molecular formula is C7H5NO3S. The van der Waals surface area contributed by atoms with Gasteiger partial charge in [0.25, 0.3) is 0 Å². The summed E-state index contributed by atoms with van der Waals surface area (Å²) in [6.45, 7) is 0. The molecule has 1 rings (SSSR count). The molecule has 0 amide bonds. The second-order valence-electron chi connectivity index (χ2n) is 1.89. The highest BCUT2D eigenvalue weighted by Crippen LogP contribution is 2.00. The van der Waals surface area contributed by atoms with Gasteiger partial charge in [0.15, 0.2) is 0 Å².